The summed E-state index contributed by atoms with van der Waals surface area (Å²) in [5.74, 6) is -1.19. The van der Waals surface area contributed by atoms with E-state index in [1.807, 2.05) is 6.08 Å². The van der Waals surface area contributed by atoms with Gasteiger partial charge in [-0.3, -0.25) is 9.59 Å². The molecule has 1 aliphatic rings. The Morgan fingerprint density at radius 1 is 0.500 bits per heavy atom. The molecule has 8 atom stereocenters. The molecule has 0 aromatic heterocycles. The highest BCUT2D eigenvalue weighted by molar-refractivity contribution is 5.80. The van der Waals surface area contributed by atoms with Crippen LogP contribution in [-0.4, -0.2) is 99.6 Å². The van der Waals surface area contributed by atoms with Gasteiger partial charge < -0.3 is 45.1 Å². The lowest BCUT2D eigenvalue weighted by atomic mass is 9.99. The van der Waals surface area contributed by atoms with E-state index in [2.05, 4.69) is 50.4 Å². The van der Waals surface area contributed by atoms with E-state index in [-0.39, 0.29) is 13.0 Å². The molecule has 1 fully saturated rings. The molecule has 1 saturated heterocycles. The molecule has 0 spiro atoms. The molecule has 0 saturated carbocycles. The van der Waals surface area contributed by atoms with Crippen LogP contribution in [0.2, 0.25) is 0 Å². The van der Waals surface area contributed by atoms with Gasteiger partial charge in [-0.25, -0.2) is 0 Å². The van der Waals surface area contributed by atoms with Gasteiger partial charge in [0.25, 0.3) is 0 Å². The van der Waals surface area contributed by atoms with Crippen molar-refractivity contribution in [3.05, 3.63) is 36.5 Å². The van der Waals surface area contributed by atoms with Gasteiger partial charge in [0.2, 0.25) is 5.91 Å². The topological polar surface area (TPSA) is 175 Å². The Morgan fingerprint density at radius 3 is 1.33 bits per heavy atom. The normalized spacial score (nSPS) is 19.1. The third-order valence-corrected chi connectivity index (χ3v) is 15.8. The maximum Gasteiger partial charge on any atom is 0.306 e. The van der Waals surface area contributed by atoms with Crippen LogP contribution in [0.25, 0.3) is 0 Å². The number of esters is 1. The van der Waals surface area contributed by atoms with Crippen molar-refractivity contribution in [2.75, 3.05) is 13.2 Å². The summed E-state index contributed by atoms with van der Waals surface area (Å²) in [4.78, 5) is 26.6. The summed E-state index contributed by atoms with van der Waals surface area (Å²) in [5.41, 5.74) is 0. The highest BCUT2D eigenvalue weighted by atomic mass is 16.7. The predicted octanol–water partition coefficient (Wildman–Crippen LogP) is 16.2. The molecule has 78 heavy (non-hydrogen) atoms. The Kier molecular flexibility index (Phi) is 52.5. The van der Waals surface area contributed by atoms with Crippen LogP contribution in [0.1, 0.15) is 316 Å². The molecule has 8 unspecified atom stereocenters. The van der Waals surface area contributed by atoms with Crippen LogP contribution in [0.5, 0.6) is 0 Å². The highest BCUT2D eigenvalue weighted by Crippen LogP contribution is 2.26. The minimum Gasteiger partial charge on any atom is -0.454 e. The molecule has 0 aromatic rings. The van der Waals surface area contributed by atoms with Gasteiger partial charge in [0, 0.05) is 6.42 Å². The van der Waals surface area contributed by atoms with Crippen LogP contribution in [0.15, 0.2) is 36.5 Å². The molecule has 0 bridgehead atoms. The van der Waals surface area contributed by atoms with Gasteiger partial charge in [-0.05, 0) is 57.8 Å². The summed E-state index contributed by atoms with van der Waals surface area (Å²) in [7, 11) is 0. The lowest BCUT2D eigenvalue weighted by Crippen LogP contribution is -2.61. The number of rotatable bonds is 57. The smallest absolute Gasteiger partial charge is 0.306 e. The number of carbonyl (C=O) groups is 2. The fraction of sp³-hybridized carbons (Fsp3) is 0.881. The Labute approximate surface area is 479 Å². The Balaban J connectivity index is 2.63. The minimum absolute atomic E-state index is 0.117. The fourth-order valence-electron chi connectivity index (χ4n) is 10.5. The first-order valence-electron chi connectivity index (χ1n) is 33.3. The summed E-state index contributed by atoms with van der Waals surface area (Å²) in [6.45, 7) is 5.80. The van der Waals surface area contributed by atoms with Crippen LogP contribution in [-0.2, 0) is 23.8 Å². The Hall–Kier alpha value is -2.12. The minimum atomic E-state index is -1.61. The van der Waals surface area contributed by atoms with Crippen molar-refractivity contribution in [2.24, 2.45) is 0 Å². The highest BCUT2D eigenvalue weighted by Gasteiger charge is 2.47. The fourth-order valence-corrected chi connectivity index (χ4v) is 10.5. The lowest BCUT2D eigenvalue weighted by Gasteiger charge is -2.41. The number of aliphatic hydroxyl groups is 5. The largest absolute Gasteiger partial charge is 0.454 e. The second-order valence-corrected chi connectivity index (χ2v) is 23.2. The number of nitrogens with one attached hydrogen (secondary N) is 1. The number of hydrogen-bond donors (Lipinski definition) is 6. The van der Waals surface area contributed by atoms with Crippen molar-refractivity contribution in [3.63, 3.8) is 0 Å². The Morgan fingerprint density at radius 2 is 0.885 bits per heavy atom. The second-order valence-electron chi connectivity index (χ2n) is 23.2. The van der Waals surface area contributed by atoms with Gasteiger partial charge in [-0.1, -0.05) is 288 Å². The molecule has 11 heteroatoms. The van der Waals surface area contributed by atoms with Crippen LogP contribution in [0.3, 0.4) is 0 Å². The van der Waals surface area contributed by atoms with Crippen molar-refractivity contribution in [1.29, 1.82) is 0 Å². The average Bonchev–Trinajstić information content (AvgIpc) is 3.45. The predicted molar refractivity (Wildman–Crippen MR) is 324 cm³/mol. The summed E-state index contributed by atoms with van der Waals surface area (Å²) < 4.78 is 17.6. The third kappa shape index (κ3) is 42.7. The van der Waals surface area contributed by atoms with E-state index in [0.29, 0.717) is 19.3 Å². The number of hydrogen-bond acceptors (Lipinski definition) is 10. The van der Waals surface area contributed by atoms with E-state index in [0.717, 1.165) is 77.0 Å². The van der Waals surface area contributed by atoms with E-state index in [4.69, 9.17) is 14.2 Å². The number of ether oxygens (including phenoxy) is 3. The molecule has 1 amide bonds. The number of unbranched alkanes of at least 4 members (excludes halogenated alkanes) is 39. The number of carbonyl (C=O) groups excluding carboxylic acids is 2. The van der Waals surface area contributed by atoms with Crippen LogP contribution in [0, 0.1) is 0 Å². The van der Waals surface area contributed by atoms with E-state index in [1.165, 1.54) is 193 Å². The first-order chi connectivity index (χ1) is 38.2. The maximum atomic E-state index is 13.5. The van der Waals surface area contributed by atoms with Crippen LogP contribution < -0.4 is 5.32 Å². The first-order valence-corrected chi connectivity index (χ1v) is 33.3. The molecule has 1 rings (SSSR count). The molecule has 0 radical (unpaired) electrons. The Bertz CT molecular complexity index is 1410. The molecule has 0 aromatic carbocycles. The van der Waals surface area contributed by atoms with E-state index in [9.17, 15) is 35.1 Å². The molecule has 11 nitrogen and oxygen atoms in total. The van der Waals surface area contributed by atoms with E-state index >= 15 is 0 Å². The average molecular weight is 1100 g/mol. The third-order valence-electron chi connectivity index (χ3n) is 15.8. The summed E-state index contributed by atoms with van der Waals surface area (Å²) in [6.07, 6.45) is 56.1. The standard InChI is InChI=1S/C67H125NO10/c1-4-7-10-13-16-19-22-25-27-29-30-31-33-34-36-39-42-45-48-51-54-60(71)66(75)68-58(59(70)53-50-47-44-41-38-24-21-18-15-12-9-6-3)57-76-67-65(64(74)63(73)61(56-69)77-67)78-62(72)55-52-49-46-43-40-37-35-32-28-26-23-20-17-14-11-8-5-2/h17,20,26,28,50,53,58-61,63-65,67,69-71,73-74H,4-16,18-19,21-25,27,29-49,51-52,54-57H2,1-3H3,(H,68,75)/b20-17-,28-26-,53-50+. The van der Waals surface area contributed by atoms with Crippen molar-refractivity contribution in [2.45, 2.75) is 365 Å². The van der Waals surface area contributed by atoms with Gasteiger partial charge >= 0.3 is 5.97 Å². The van der Waals surface area contributed by atoms with Gasteiger partial charge in [-0.15, -0.1) is 0 Å². The zero-order valence-corrected chi connectivity index (χ0v) is 50.8. The molecule has 1 aliphatic heterocycles. The zero-order chi connectivity index (χ0) is 56.8. The van der Waals surface area contributed by atoms with Crippen LogP contribution in [0.4, 0.5) is 0 Å². The molecule has 458 valence electrons. The number of aliphatic hydroxyl groups excluding tert-OH is 5. The first kappa shape index (κ1) is 73.9. The van der Waals surface area contributed by atoms with Gasteiger partial charge in [0.15, 0.2) is 12.4 Å². The van der Waals surface area contributed by atoms with Gasteiger partial charge in [0.05, 0.1) is 25.4 Å². The summed E-state index contributed by atoms with van der Waals surface area (Å²) >= 11 is 0. The van der Waals surface area contributed by atoms with Crippen molar-refractivity contribution < 1.29 is 49.3 Å². The summed E-state index contributed by atoms with van der Waals surface area (Å²) in [5, 5.41) is 57.1. The number of allylic oxidation sites excluding steroid dienone is 5. The second kappa shape index (κ2) is 55.4. The molecule has 0 aliphatic carbocycles. The SMILES string of the molecule is CCCCC/C=C\C/C=C\CCCCCCCCCC(=O)OC1C(OCC(NC(=O)C(O)CCCCCCCCCCCCCCCCCCCCCC)C(O)/C=C/CCCCCCCCCCCC)OC(CO)C(O)C1O. The molecular formula is C67H125NO10. The van der Waals surface area contributed by atoms with Crippen molar-refractivity contribution >= 4 is 11.9 Å². The van der Waals surface area contributed by atoms with Crippen molar-refractivity contribution in [1.82, 2.24) is 5.32 Å². The van der Waals surface area contributed by atoms with E-state index in [1.54, 1.807) is 6.08 Å². The lowest BCUT2D eigenvalue weighted by molar-refractivity contribution is -0.305. The monoisotopic (exact) mass is 1100 g/mol. The van der Waals surface area contributed by atoms with Crippen LogP contribution >= 0.6 is 0 Å². The van der Waals surface area contributed by atoms with E-state index < -0.39 is 67.4 Å². The van der Waals surface area contributed by atoms with Gasteiger partial charge in [0.1, 0.15) is 24.4 Å². The molecule has 6 N–H and O–H groups in total. The molecule has 1 heterocycles. The summed E-state index contributed by atoms with van der Waals surface area (Å²) in [6, 6.07) is -1.02. The quantitative estimate of drug-likeness (QED) is 0.0195. The maximum absolute atomic E-state index is 13.5. The number of amides is 1. The molecular weight excluding hydrogens is 979 g/mol. The van der Waals surface area contributed by atoms with Crippen molar-refractivity contribution in [3.8, 4) is 0 Å². The zero-order valence-electron chi connectivity index (χ0n) is 50.8. The van der Waals surface area contributed by atoms with Gasteiger partial charge in [-0.2, -0.15) is 0 Å².